The standard InChI is InChI=1S/C20H21N3.C18H17N3/c1-3-16-6-4-5-7-17(9-8-16)18-10-11-20(23-12-18)19-13-21-15(2)22-14-19;1-13-6-8-15(9-7-13)18-5-3-4-16(10-21-18)17-11-19-14(2)20-12-17/h5,7-14H,3-4,6H2,1-2H3;3-4,6-12H,5H2,1-2H3/b7-5+,16-8-,17-9+;. The molecule has 0 fully saturated rings. The first-order valence-electron chi connectivity index (χ1n) is 15.1. The molecule has 0 N–H and O–H groups in total. The first-order chi connectivity index (χ1) is 21.5. The van der Waals surface area contributed by atoms with Crippen molar-refractivity contribution in [2.24, 2.45) is 4.99 Å². The van der Waals surface area contributed by atoms with Crippen LogP contribution in [0.5, 0.6) is 0 Å². The van der Waals surface area contributed by atoms with E-state index < -0.39 is 0 Å². The van der Waals surface area contributed by atoms with E-state index in [9.17, 15) is 0 Å². The Morgan fingerprint density at radius 3 is 1.91 bits per heavy atom. The van der Waals surface area contributed by atoms with Gasteiger partial charge in [0.1, 0.15) is 11.6 Å². The zero-order valence-corrected chi connectivity index (χ0v) is 25.9. The second kappa shape index (κ2) is 14.9. The van der Waals surface area contributed by atoms with Gasteiger partial charge in [-0.1, -0.05) is 84.8 Å². The van der Waals surface area contributed by atoms with Crippen molar-refractivity contribution >= 4 is 16.9 Å². The van der Waals surface area contributed by atoms with E-state index in [1.54, 1.807) is 0 Å². The molecule has 0 saturated carbocycles. The van der Waals surface area contributed by atoms with Crippen LogP contribution in [-0.2, 0) is 0 Å². The number of hydrogen-bond donors (Lipinski definition) is 0. The van der Waals surface area contributed by atoms with Gasteiger partial charge in [-0.05, 0) is 57.2 Å². The molecule has 6 nitrogen and oxygen atoms in total. The summed E-state index contributed by atoms with van der Waals surface area (Å²) in [7, 11) is 0. The molecule has 0 amide bonds. The van der Waals surface area contributed by atoms with Crippen molar-refractivity contribution in [1.29, 1.82) is 0 Å². The highest BCUT2D eigenvalue weighted by molar-refractivity contribution is 6.03. The Morgan fingerprint density at radius 2 is 1.25 bits per heavy atom. The number of benzene rings is 1. The van der Waals surface area contributed by atoms with Gasteiger partial charge in [-0.25, -0.2) is 19.9 Å². The molecule has 2 aliphatic rings. The van der Waals surface area contributed by atoms with Crippen LogP contribution >= 0.6 is 0 Å². The summed E-state index contributed by atoms with van der Waals surface area (Å²) in [5, 5.41) is 0. The summed E-state index contributed by atoms with van der Waals surface area (Å²) in [6.07, 6.45) is 28.4. The van der Waals surface area contributed by atoms with Gasteiger partial charge in [-0.15, -0.1) is 0 Å². The number of aliphatic imine (C=N–C) groups is 1. The fourth-order valence-electron chi connectivity index (χ4n) is 4.76. The highest BCUT2D eigenvalue weighted by atomic mass is 14.9. The molecule has 4 heterocycles. The van der Waals surface area contributed by atoms with Crippen LogP contribution in [0.15, 0.2) is 121 Å². The third-order valence-corrected chi connectivity index (χ3v) is 7.52. The van der Waals surface area contributed by atoms with E-state index >= 15 is 0 Å². The van der Waals surface area contributed by atoms with Crippen LogP contribution in [-0.4, -0.2) is 30.6 Å². The van der Waals surface area contributed by atoms with Crippen molar-refractivity contribution in [3.63, 3.8) is 0 Å². The molecule has 0 spiro atoms. The molecule has 44 heavy (non-hydrogen) atoms. The summed E-state index contributed by atoms with van der Waals surface area (Å²) < 4.78 is 0. The fourth-order valence-corrected chi connectivity index (χ4v) is 4.76. The molecule has 0 saturated heterocycles. The Kier molecular flexibility index (Phi) is 10.3. The van der Waals surface area contributed by atoms with Crippen molar-refractivity contribution < 1.29 is 0 Å². The topological polar surface area (TPSA) is 76.8 Å². The maximum Gasteiger partial charge on any atom is 0.125 e. The summed E-state index contributed by atoms with van der Waals surface area (Å²) in [5.41, 5.74) is 11.2. The molecule has 220 valence electrons. The Hall–Kier alpha value is -5.10. The molecule has 1 aliphatic carbocycles. The first-order valence-corrected chi connectivity index (χ1v) is 15.1. The van der Waals surface area contributed by atoms with Crippen LogP contribution in [0.4, 0.5) is 0 Å². The van der Waals surface area contributed by atoms with Gasteiger partial charge in [0.2, 0.25) is 0 Å². The average molecular weight is 579 g/mol. The van der Waals surface area contributed by atoms with Crippen LogP contribution in [0.1, 0.15) is 66.5 Å². The van der Waals surface area contributed by atoms with E-state index in [-0.39, 0.29) is 0 Å². The van der Waals surface area contributed by atoms with Gasteiger partial charge < -0.3 is 0 Å². The fraction of sp³-hybridized carbons (Fsp3) is 0.211. The summed E-state index contributed by atoms with van der Waals surface area (Å²) in [5.74, 6) is 1.55. The number of nitrogens with zero attached hydrogens (tertiary/aromatic N) is 6. The van der Waals surface area contributed by atoms with Crippen molar-refractivity contribution in [2.45, 2.75) is 53.4 Å². The molecule has 4 aromatic rings. The van der Waals surface area contributed by atoms with Crippen LogP contribution in [0.25, 0.3) is 22.4 Å². The van der Waals surface area contributed by atoms with Gasteiger partial charge in [-0.2, -0.15) is 0 Å². The quantitative estimate of drug-likeness (QED) is 0.236. The average Bonchev–Trinajstić information content (AvgIpc) is 3.30. The molecule has 6 rings (SSSR count). The van der Waals surface area contributed by atoms with Gasteiger partial charge in [0, 0.05) is 65.9 Å². The lowest BCUT2D eigenvalue weighted by atomic mass is 9.99. The van der Waals surface area contributed by atoms with Crippen molar-refractivity contribution in [2.75, 3.05) is 0 Å². The van der Waals surface area contributed by atoms with E-state index in [1.807, 2.05) is 57.1 Å². The zero-order valence-electron chi connectivity index (χ0n) is 25.9. The third-order valence-electron chi connectivity index (χ3n) is 7.52. The van der Waals surface area contributed by atoms with E-state index in [2.05, 4.69) is 111 Å². The highest BCUT2D eigenvalue weighted by Gasteiger charge is 2.07. The van der Waals surface area contributed by atoms with E-state index in [4.69, 9.17) is 0 Å². The predicted molar refractivity (Wildman–Crippen MR) is 181 cm³/mol. The predicted octanol–water partition coefficient (Wildman–Crippen LogP) is 8.80. The SMILES string of the molecule is CC/C1=C/C=C(c2ccc(-c3cnc(C)nc3)nc2)\C=C\CC1.Cc1ccc(C2=NC=C(c3cnc(C)nc3)C=CC2)cc1. The van der Waals surface area contributed by atoms with Gasteiger partial charge in [0.15, 0.2) is 0 Å². The van der Waals surface area contributed by atoms with Crippen molar-refractivity contribution in [3.05, 3.63) is 150 Å². The lowest BCUT2D eigenvalue weighted by Crippen LogP contribution is -1.98. The van der Waals surface area contributed by atoms with E-state index in [1.165, 1.54) is 22.3 Å². The smallest absolute Gasteiger partial charge is 0.125 e. The van der Waals surface area contributed by atoms with Crippen LogP contribution in [0.2, 0.25) is 0 Å². The summed E-state index contributed by atoms with van der Waals surface area (Å²) in [6, 6.07) is 12.6. The Bertz CT molecular complexity index is 1740. The second-order valence-corrected chi connectivity index (χ2v) is 10.8. The highest BCUT2D eigenvalue weighted by Crippen LogP contribution is 2.23. The maximum atomic E-state index is 4.64. The lowest BCUT2D eigenvalue weighted by Gasteiger charge is -2.08. The number of allylic oxidation sites excluding steroid dienone is 9. The summed E-state index contributed by atoms with van der Waals surface area (Å²) in [4.78, 5) is 26.1. The summed E-state index contributed by atoms with van der Waals surface area (Å²) >= 11 is 0. The van der Waals surface area contributed by atoms with Crippen LogP contribution in [0, 0.1) is 20.8 Å². The Morgan fingerprint density at radius 1 is 0.614 bits per heavy atom. The van der Waals surface area contributed by atoms with Gasteiger partial charge >= 0.3 is 0 Å². The summed E-state index contributed by atoms with van der Waals surface area (Å²) in [6.45, 7) is 8.07. The Labute approximate surface area is 260 Å². The van der Waals surface area contributed by atoms with E-state index in [0.717, 1.165) is 71.0 Å². The largest absolute Gasteiger partial charge is 0.260 e. The molecule has 0 atom stereocenters. The minimum Gasteiger partial charge on any atom is -0.260 e. The molecule has 6 heteroatoms. The van der Waals surface area contributed by atoms with Crippen LogP contribution in [0.3, 0.4) is 0 Å². The molecule has 0 unspecified atom stereocenters. The molecule has 0 bridgehead atoms. The van der Waals surface area contributed by atoms with Crippen molar-refractivity contribution in [1.82, 2.24) is 24.9 Å². The van der Waals surface area contributed by atoms with Gasteiger partial charge in [0.05, 0.1) is 11.4 Å². The first kappa shape index (κ1) is 30.4. The molecule has 3 aromatic heterocycles. The monoisotopic (exact) mass is 578 g/mol. The van der Waals surface area contributed by atoms with E-state index in [0.29, 0.717) is 0 Å². The number of aromatic nitrogens is 5. The number of aryl methyl sites for hydroxylation is 3. The molecule has 0 radical (unpaired) electrons. The minimum absolute atomic E-state index is 0.772. The number of rotatable bonds is 5. The number of pyridine rings is 1. The molecular weight excluding hydrogens is 540 g/mol. The second-order valence-electron chi connectivity index (χ2n) is 10.8. The number of hydrogen-bond acceptors (Lipinski definition) is 6. The molecular formula is C38H38N6. The normalized spacial score (nSPS) is 17.6. The lowest BCUT2D eigenvalue weighted by molar-refractivity contribution is 0.907. The van der Waals surface area contributed by atoms with Crippen molar-refractivity contribution in [3.8, 4) is 11.3 Å². The van der Waals surface area contributed by atoms with Crippen LogP contribution < -0.4 is 0 Å². The van der Waals surface area contributed by atoms with Gasteiger partial charge in [0.25, 0.3) is 0 Å². The maximum absolute atomic E-state index is 4.64. The third kappa shape index (κ3) is 8.26. The Balaban J connectivity index is 0.000000175. The molecule has 1 aromatic carbocycles. The minimum atomic E-state index is 0.772. The zero-order chi connectivity index (χ0) is 30.7. The van der Waals surface area contributed by atoms with Gasteiger partial charge in [-0.3, -0.25) is 9.98 Å². The molecule has 1 aliphatic heterocycles.